The Morgan fingerprint density at radius 1 is 0.939 bits per heavy atom. The lowest BCUT2D eigenvalue weighted by Crippen LogP contribution is -2.26. The van der Waals surface area contributed by atoms with Crippen LogP contribution >= 0.6 is 0 Å². The molecule has 0 aliphatic carbocycles. The predicted molar refractivity (Wildman–Crippen MR) is 103 cm³/mol. The molecule has 0 atom stereocenters. The van der Waals surface area contributed by atoms with Crippen LogP contribution in [0.1, 0.15) is 30.0 Å². The lowest BCUT2D eigenvalue weighted by atomic mass is 9.97. The summed E-state index contributed by atoms with van der Waals surface area (Å²) in [4.78, 5) is 0. The zero-order valence-corrected chi connectivity index (χ0v) is 16.8. The first-order valence-electron chi connectivity index (χ1n) is 9.46. The summed E-state index contributed by atoms with van der Waals surface area (Å²) in [5.41, 5.74) is -4.22. The zero-order valence-electron chi connectivity index (χ0n) is 16.8. The van der Waals surface area contributed by atoms with Gasteiger partial charge in [0.15, 0.2) is 5.82 Å². The van der Waals surface area contributed by atoms with Crippen molar-refractivity contribution in [3.05, 3.63) is 82.2 Å². The molecule has 3 aromatic carbocycles. The number of hydrogen-bond acceptors (Lipinski definition) is 3. The molecule has 0 saturated carbocycles. The van der Waals surface area contributed by atoms with Crippen molar-refractivity contribution < 1.29 is 40.6 Å². The van der Waals surface area contributed by atoms with E-state index < -0.39 is 68.9 Å². The van der Waals surface area contributed by atoms with Gasteiger partial charge in [0.25, 0.3) is 0 Å². The normalized spacial score (nSPS) is 11.4. The molecule has 0 fully saturated rings. The van der Waals surface area contributed by atoms with E-state index in [1.54, 1.807) is 0 Å². The Morgan fingerprint density at radius 3 is 2.12 bits per heavy atom. The van der Waals surface area contributed by atoms with E-state index in [4.69, 9.17) is 5.26 Å². The molecule has 0 heterocycles. The molecule has 0 spiro atoms. The van der Waals surface area contributed by atoms with Crippen molar-refractivity contribution in [2.75, 3.05) is 0 Å². The summed E-state index contributed by atoms with van der Waals surface area (Å²) < 4.78 is 105. The Balaban J connectivity index is 2.12. The molecule has 172 valence electrons. The van der Waals surface area contributed by atoms with Crippen LogP contribution in [0.3, 0.4) is 0 Å². The maximum Gasteiger partial charge on any atom is 0.432 e. The topological polar surface area (TPSA) is 53.2 Å². The van der Waals surface area contributed by atoms with E-state index in [9.17, 15) is 31.4 Å². The molecule has 0 unspecified atom stereocenters. The number of phenolic OH excluding ortho intramolecular Hbond substituents is 1. The average Bonchev–Trinajstić information content (AvgIpc) is 2.68. The van der Waals surface area contributed by atoms with E-state index in [1.807, 2.05) is 6.92 Å². The van der Waals surface area contributed by atoms with Gasteiger partial charge in [-0.15, -0.1) is 0 Å². The first-order chi connectivity index (χ1) is 15.5. The minimum Gasteiger partial charge on any atom is -0.507 e. The number of aromatic hydroxyl groups is 1. The minimum absolute atomic E-state index is 0.143. The van der Waals surface area contributed by atoms with E-state index in [0.717, 1.165) is 12.1 Å². The lowest BCUT2D eigenvalue weighted by molar-refractivity contribution is -0.189. The van der Waals surface area contributed by atoms with Crippen LogP contribution in [0.25, 0.3) is 11.1 Å². The van der Waals surface area contributed by atoms with Gasteiger partial charge in [0.1, 0.15) is 52.0 Å². The molecule has 0 radical (unpaired) electrons. The van der Waals surface area contributed by atoms with Gasteiger partial charge in [-0.05, 0) is 18.1 Å². The van der Waals surface area contributed by atoms with Gasteiger partial charge in [-0.25, -0.2) is 22.0 Å². The average molecular weight is 469 g/mol. The van der Waals surface area contributed by atoms with E-state index >= 15 is 4.39 Å². The Bertz CT molecular complexity index is 1250. The molecule has 0 bridgehead atoms. The third-order valence-corrected chi connectivity index (χ3v) is 4.70. The molecule has 3 rings (SSSR count). The highest BCUT2D eigenvalue weighted by Crippen LogP contribution is 2.43. The molecule has 0 aromatic heterocycles. The molecule has 0 aliphatic rings. The maximum absolute atomic E-state index is 15.1. The molecule has 3 nitrogen and oxygen atoms in total. The van der Waals surface area contributed by atoms with Crippen LogP contribution in [-0.2, 0) is 12.5 Å². The van der Waals surface area contributed by atoms with Gasteiger partial charge in [-0.3, -0.25) is 0 Å². The number of hydrogen-bond donors (Lipinski definition) is 1. The Labute approximate surface area is 183 Å². The monoisotopic (exact) mass is 469 g/mol. The van der Waals surface area contributed by atoms with Crippen molar-refractivity contribution in [2.45, 2.75) is 25.9 Å². The van der Waals surface area contributed by atoms with E-state index in [2.05, 4.69) is 4.74 Å². The first-order valence-corrected chi connectivity index (χ1v) is 9.46. The largest absolute Gasteiger partial charge is 0.507 e. The highest BCUT2D eigenvalue weighted by Gasteiger charge is 2.43. The predicted octanol–water partition coefficient (Wildman–Crippen LogP) is 6.71. The maximum atomic E-state index is 15.1. The SMILES string of the molecule is CCCc1ccc(-c2c(O)cc(F)c(C(F)(F)Oc3cc(F)c(C#N)c(F)c3)c2F)c(F)c1. The van der Waals surface area contributed by atoms with Crippen LogP contribution in [-0.4, -0.2) is 5.11 Å². The van der Waals surface area contributed by atoms with Gasteiger partial charge >= 0.3 is 6.11 Å². The van der Waals surface area contributed by atoms with Crippen LogP contribution in [0, 0.1) is 40.4 Å². The van der Waals surface area contributed by atoms with Gasteiger partial charge in [-0.1, -0.05) is 25.5 Å². The molecular formula is C23H14F7NO2. The summed E-state index contributed by atoms with van der Waals surface area (Å²) in [6.45, 7) is 1.83. The Morgan fingerprint density at radius 2 is 1.58 bits per heavy atom. The summed E-state index contributed by atoms with van der Waals surface area (Å²) in [5, 5.41) is 18.6. The van der Waals surface area contributed by atoms with Crippen molar-refractivity contribution >= 4 is 0 Å². The van der Waals surface area contributed by atoms with Crippen LogP contribution < -0.4 is 4.74 Å². The lowest BCUT2D eigenvalue weighted by Gasteiger charge is -2.21. The molecule has 0 saturated heterocycles. The highest BCUT2D eigenvalue weighted by atomic mass is 19.3. The minimum atomic E-state index is -4.84. The second-order valence-electron chi connectivity index (χ2n) is 7.00. The third-order valence-electron chi connectivity index (χ3n) is 4.70. The number of nitrogens with zero attached hydrogens (tertiary/aromatic N) is 1. The van der Waals surface area contributed by atoms with Crippen LogP contribution in [0.5, 0.6) is 11.5 Å². The van der Waals surface area contributed by atoms with Gasteiger partial charge in [-0.2, -0.15) is 14.0 Å². The standard InChI is InChI=1S/C23H14F7NO2/c1-2-3-11-4-5-13(15(24)6-11)20-19(32)9-18(27)21(22(20)28)23(29,30)33-12-7-16(25)14(10-31)17(26)8-12/h4-9,32H,2-3H2,1H3. The zero-order chi connectivity index (χ0) is 24.5. The Hall–Kier alpha value is -3.74. The van der Waals surface area contributed by atoms with Gasteiger partial charge in [0.2, 0.25) is 0 Å². The summed E-state index contributed by atoms with van der Waals surface area (Å²) >= 11 is 0. The molecular weight excluding hydrogens is 455 g/mol. The number of halogens is 7. The number of benzene rings is 3. The van der Waals surface area contributed by atoms with Gasteiger partial charge in [0, 0.05) is 23.8 Å². The highest BCUT2D eigenvalue weighted by molar-refractivity contribution is 5.73. The molecule has 0 amide bonds. The molecule has 1 N–H and O–H groups in total. The number of phenols is 1. The fraction of sp³-hybridized carbons (Fsp3) is 0.174. The van der Waals surface area contributed by atoms with Gasteiger partial charge < -0.3 is 9.84 Å². The van der Waals surface area contributed by atoms with Gasteiger partial charge in [0.05, 0.1) is 5.56 Å². The van der Waals surface area contributed by atoms with E-state index in [0.29, 0.717) is 18.4 Å². The van der Waals surface area contributed by atoms with E-state index in [-0.39, 0.29) is 18.2 Å². The van der Waals surface area contributed by atoms with Crippen molar-refractivity contribution in [1.29, 1.82) is 5.26 Å². The number of alkyl halides is 2. The number of rotatable bonds is 6. The van der Waals surface area contributed by atoms with Crippen molar-refractivity contribution in [2.24, 2.45) is 0 Å². The van der Waals surface area contributed by atoms with Crippen molar-refractivity contribution in [3.8, 4) is 28.7 Å². The van der Waals surface area contributed by atoms with Crippen LogP contribution in [0.2, 0.25) is 0 Å². The summed E-state index contributed by atoms with van der Waals surface area (Å²) in [6, 6.07) is 5.25. The summed E-state index contributed by atoms with van der Waals surface area (Å²) in [7, 11) is 0. The third kappa shape index (κ3) is 4.58. The number of aryl methyl sites for hydroxylation is 1. The van der Waals surface area contributed by atoms with Crippen molar-refractivity contribution in [3.63, 3.8) is 0 Å². The fourth-order valence-corrected chi connectivity index (χ4v) is 3.25. The van der Waals surface area contributed by atoms with E-state index in [1.165, 1.54) is 12.1 Å². The fourth-order valence-electron chi connectivity index (χ4n) is 3.25. The molecule has 33 heavy (non-hydrogen) atoms. The smallest absolute Gasteiger partial charge is 0.432 e. The first kappa shape index (κ1) is 23.9. The van der Waals surface area contributed by atoms with Crippen molar-refractivity contribution in [1.82, 2.24) is 0 Å². The quantitative estimate of drug-likeness (QED) is 0.409. The van der Waals surface area contributed by atoms with Crippen LogP contribution in [0.15, 0.2) is 36.4 Å². The molecule has 0 aliphatic heterocycles. The number of ether oxygens (including phenoxy) is 1. The second kappa shape index (κ2) is 9.02. The molecule has 10 heteroatoms. The Kier molecular flexibility index (Phi) is 6.53. The summed E-state index contributed by atoms with van der Waals surface area (Å²) in [6.07, 6.45) is -3.70. The molecule has 3 aromatic rings. The number of nitriles is 1. The second-order valence-corrected chi connectivity index (χ2v) is 7.00. The summed E-state index contributed by atoms with van der Waals surface area (Å²) in [5.74, 6) is -10.4. The van der Waals surface area contributed by atoms with Crippen LogP contribution in [0.4, 0.5) is 30.7 Å².